The van der Waals surface area contributed by atoms with Crippen molar-refractivity contribution in [1.29, 1.82) is 0 Å². The van der Waals surface area contributed by atoms with E-state index in [4.69, 9.17) is 0 Å². The van der Waals surface area contributed by atoms with Crippen LogP contribution >= 0.6 is 0 Å². The average molecular weight is 599 g/mol. The van der Waals surface area contributed by atoms with Crippen LogP contribution in [0.25, 0.3) is 11.1 Å². The molecule has 2 fully saturated rings. The van der Waals surface area contributed by atoms with Crippen molar-refractivity contribution < 1.29 is 46.1 Å². The normalized spacial score (nSPS) is 18.9. The van der Waals surface area contributed by atoms with E-state index < -0.39 is 21.3 Å². The SMILES string of the molecule is C[C](C)=[Zr+2]([C]1=CC=CC1)[c]1cc(C2CCCCC2)cc2c1Cc1ccc(C3CCCCC3)cc1-2.[Cl-].[Cl-]. The number of rotatable bonds is 4. The second-order valence-electron chi connectivity index (χ2n) is 11.6. The molecule has 4 aliphatic rings. The third-order valence-electron chi connectivity index (χ3n) is 9.08. The number of halogens is 2. The topological polar surface area (TPSA) is 0 Å². The minimum absolute atomic E-state index is 0. The largest absolute Gasteiger partial charge is 1.00 e. The van der Waals surface area contributed by atoms with E-state index in [9.17, 15) is 0 Å². The molecule has 0 saturated heterocycles. The predicted octanol–water partition coefficient (Wildman–Crippen LogP) is 2.66. The minimum Gasteiger partial charge on any atom is -1.00 e. The van der Waals surface area contributed by atoms with Gasteiger partial charge in [-0.05, 0) is 0 Å². The fourth-order valence-corrected chi connectivity index (χ4v) is 14.5. The predicted molar refractivity (Wildman–Crippen MR) is 144 cm³/mol. The van der Waals surface area contributed by atoms with Gasteiger partial charge in [0.25, 0.3) is 0 Å². The van der Waals surface area contributed by atoms with Crippen LogP contribution in [-0.4, -0.2) is 3.21 Å². The summed E-state index contributed by atoms with van der Waals surface area (Å²) in [4.78, 5) is 0. The molecule has 0 spiro atoms. The molecule has 6 rings (SSSR count). The van der Waals surface area contributed by atoms with Crippen molar-refractivity contribution in [3.05, 3.63) is 74.1 Å². The summed E-state index contributed by atoms with van der Waals surface area (Å²) >= 11 is -2.03. The number of benzene rings is 2. The van der Waals surface area contributed by atoms with Gasteiger partial charge in [0.2, 0.25) is 0 Å². The molecule has 3 heteroatoms. The zero-order valence-corrected chi connectivity index (χ0v) is 26.0. The van der Waals surface area contributed by atoms with E-state index in [0.717, 1.165) is 18.3 Å². The fraction of sp³-hybridized carbons (Fsp3) is 0.485. The number of allylic oxidation sites excluding steroid dienone is 4. The summed E-state index contributed by atoms with van der Waals surface area (Å²) in [5.74, 6) is 1.57. The smallest absolute Gasteiger partial charge is 1.00 e. The third kappa shape index (κ3) is 5.51. The first-order valence-corrected chi connectivity index (χ1v) is 17.7. The summed E-state index contributed by atoms with van der Waals surface area (Å²) in [6, 6.07) is 13.0. The Morgan fingerprint density at radius 2 is 1.39 bits per heavy atom. The van der Waals surface area contributed by atoms with Gasteiger partial charge in [-0.1, -0.05) is 0 Å². The van der Waals surface area contributed by atoms with Crippen LogP contribution in [0.15, 0.2) is 51.8 Å². The van der Waals surface area contributed by atoms with Crippen LogP contribution in [0, 0.1) is 0 Å². The second-order valence-corrected chi connectivity index (χ2v) is 18.8. The summed E-state index contributed by atoms with van der Waals surface area (Å²) in [6.45, 7) is 4.88. The van der Waals surface area contributed by atoms with Crippen LogP contribution in [0.4, 0.5) is 0 Å². The fourth-order valence-electron chi connectivity index (χ4n) is 7.30. The van der Waals surface area contributed by atoms with Gasteiger partial charge in [0.1, 0.15) is 0 Å². The van der Waals surface area contributed by atoms with Gasteiger partial charge in [0, 0.05) is 0 Å². The van der Waals surface area contributed by atoms with Crippen LogP contribution in [-0.2, 0) is 27.7 Å². The van der Waals surface area contributed by atoms with Crippen LogP contribution in [0.1, 0.15) is 119 Å². The van der Waals surface area contributed by atoms with Crippen molar-refractivity contribution in [2.45, 2.75) is 103 Å². The Kier molecular flexibility index (Phi) is 9.74. The molecule has 2 aromatic carbocycles. The molecule has 36 heavy (non-hydrogen) atoms. The molecule has 0 aromatic heterocycles. The van der Waals surface area contributed by atoms with E-state index in [2.05, 4.69) is 62.4 Å². The number of fused-ring (bicyclic) bond motifs is 3. The minimum atomic E-state index is -2.03. The molecular formula is C33H40Cl2Zr. The van der Waals surface area contributed by atoms with Crippen molar-refractivity contribution >= 4 is 6.48 Å². The Labute approximate surface area is 239 Å². The zero-order valence-electron chi connectivity index (χ0n) is 22.0. The molecule has 0 radical (unpaired) electrons. The summed E-state index contributed by atoms with van der Waals surface area (Å²) in [5.41, 5.74) is 9.81. The summed E-state index contributed by atoms with van der Waals surface area (Å²) in [5, 5.41) is 0. The van der Waals surface area contributed by atoms with Gasteiger partial charge in [-0.25, -0.2) is 0 Å². The van der Waals surface area contributed by atoms with Gasteiger partial charge >= 0.3 is 216 Å². The second kappa shape index (κ2) is 12.4. The molecule has 0 aliphatic heterocycles. The van der Waals surface area contributed by atoms with Gasteiger partial charge in [-0.2, -0.15) is 0 Å². The molecule has 0 unspecified atom stereocenters. The molecule has 0 heterocycles. The molecule has 0 atom stereocenters. The van der Waals surface area contributed by atoms with E-state index in [1.807, 2.05) is 3.27 Å². The molecular weight excluding hydrogens is 558 g/mol. The number of hydrogen-bond donors (Lipinski definition) is 0. The molecule has 0 bridgehead atoms. The first kappa shape index (κ1) is 28.3. The molecule has 0 nitrogen and oxygen atoms in total. The summed E-state index contributed by atoms with van der Waals surface area (Å²) < 4.78 is 5.33. The van der Waals surface area contributed by atoms with Crippen molar-refractivity contribution in [3.8, 4) is 11.1 Å². The number of hydrogen-bond acceptors (Lipinski definition) is 0. The quantitative estimate of drug-likeness (QED) is 0.434. The maximum absolute atomic E-state index is 2.74. The molecule has 0 amide bonds. The van der Waals surface area contributed by atoms with E-state index >= 15 is 0 Å². The molecule has 2 aromatic rings. The maximum atomic E-state index is 2.74. The van der Waals surface area contributed by atoms with Crippen LogP contribution in [0.3, 0.4) is 0 Å². The van der Waals surface area contributed by atoms with Gasteiger partial charge in [-0.15, -0.1) is 0 Å². The van der Waals surface area contributed by atoms with E-state index in [1.165, 1.54) is 70.6 Å². The van der Waals surface area contributed by atoms with Crippen LogP contribution < -0.4 is 28.1 Å². The zero-order chi connectivity index (χ0) is 23.1. The van der Waals surface area contributed by atoms with E-state index in [1.54, 1.807) is 39.9 Å². The van der Waals surface area contributed by atoms with E-state index in [0.29, 0.717) is 0 Å². The molecule has 0 N–H and O–H groups in total. The Bertz CT molecular complexity index is 1190. The Hall–Kier alpha value is -0.747. The first-order chi connectivity index (χ1) is 16.7. The molecule has 190 valence electrons. The first-order valence-electron chi connectivity index (χ1n) is 14.0. The average Bonchev–Trinajstić information content (AvgIpc) is 3.53. The van der Waals surface area contributed by atoms with Crippen LogP contribution in [0.2, 0.25) is 0 Å². The third-order valence-corrected chi connectivity index (χ3v) is 16.4. The van der Waals surface area contributed by atoms with Crippen molar-refractivity contribution in [2.24, 2.45) is 0 Å². The van der Waals surface area contributed by atoms with Crippen molar-refractivity contribution in [2.75, 3.05) is 0 Å². The maximum Gasteiger partial charge on any atom is -1.00 e. The van der Waals surface area contributed by atoms with Crippen molar-refractivity contribution in [3.63, 3.8) is 0 Å². The Morgan fingerprint density at radius 1 is 0.750 bits per heavy atom. The monoisotopic (exact) mass is 596 g/mol. The van der Waals surface area contributed by atoms with Gasteiger partial charge in [-0.3, -0.25) is 0 Å². The van der Waals surface area contributed by atoms with Crippen LogP contribution in [0.5, 0.6) is 0 Å². The van der Waals surface area contributed by atoms with Gasteiger partial charge < -0.3 is 24.8 Å². The summed E-state index contributed by atoms with van der Waals surface area (Å²) in [7, 11) is 0. The summed E-state index contributed by atoms with van der Waals surface area (Å²) in [6.07, 6.45) is 23.6. The standard InChI is InChI=1S/C25H29.C5H5.C3H6.2ClH.Zr/c1-3-7-18(8-4-1)20-11-13-22-15-23-14-12-21(17-25(23)24(22)16-20)19-9-5-2-6-10-19;1-2-4-5-3-1;1-3-2;;;/h11-13,16-19H,1-10,15H2;1-3H,4H2;1-2H3;2*1H;/q;;;;;+2/p-2. The Balaban J connectivity index is 0.00000152. The molecule has 4 aliphatic carbocycles. The van der Waals surface area contributed by atoms with Crippen molar-refractivity contribution in [1.82, 2.24) is 0 Å². The Morgan fingerprint density at radius 3 is 2.00 bits per heavy atom. The van der Waals surface area contributed by atoms with E-state index in [-0.39, 0.29) is 24.8 Å². The molecule has 2 saturated carbocycles. The van der Waals surface area contributed by atoms with Gasteiger partial charge in [0.15, 0.2) is 0 Å². The van der Waals surface area contributed by atoms with Gasteiger partial charge in [0.05, 0.1) is 0 Å².